The molecule has 0 unspecified atom stereocenters. The first-order valence-electron chi connectivity index (χ1n) is 7.87. The number of hydrogen-bond donors (Lipinski definition) is 2. The number of carbonyl (C=O) groups excluding carboxylic acids is 3. The van der Waals surface area contributed by atoms with Crippen LogP contribution in [0.1, 0.15) is 22.6 Å². The van der Waals surface area contributed by atoms with E-state index in [0.29, 0.717) is 24.2 Å². The molecule has 3 rings (SSSR count). The van der Waals surface area contributed by atoms with E-state index in [4.69, 9.17) is 0 Å². The molecule has 2 heterocycles. The van der Waals surface area contributed by atoms with Crippen molar-refractivity contribution in [3.8, 4) is 0 Å². The van der Waals surface area contributed by atoms with E-state index in [1.165, 1.54) is 11.2 Å². The van der Waals surface area contributed by atoms with Gasteiger partial charge in [0.1, 0.15) is 12.2 Å². The molecule has 9 heteroatoms. The lowest BCUT2D eigenvalue weighted by Gasteiger charge is -2.28. The van der Waals surface area contributed by atoms with Gasteiger partial charge in [0.15, 0.2) is 0 Å². The fourth-order valence-corrected chi connectivity index (χ4v) is 2.62. The molecule has 0 saturated carbocycles. The lowest BCUT2D eigenvalue weighted by molar-refractivity contribution is -0.120. The summed E-state index contributed by atoms with van der Waals surface area (Å²) in [6, 6.07) is 6.29. The van der Waals surface area contributed by atoms with Crippen LogP contribution in [0.5, 0.6) is 0 Å². The Labute approximate surface area is 144 Å². The predicted molar refractivity (Wildman–Crippen MR) is 89.0 cm³/mol. The molecule has 0 bridgehead atoms. The Bertz CT molecular complexity index is 816. The number of hydrogen-bond acceptors (Lipinski definition) is 5. The van der Waals surface area contributed by atoms with Crippen LogP contribution in [0.2, 0.25) is 0 Å². The average Bonchev–Trinajstić information content (AvgIpc) is 3.00. The topological polar surface area (TPSA) is 109 Å². The third-order valence-electron chi connectivity index (χ3n) is 3.93. The Hall–Kier alpha value is -3.23. The van der Waals surface area contributed by atoms with Crippen molar-refractivity contribution in [2.24, 2.45) is 7.05 Å². The zero-order chi connectivity index (χ0) is 17.8. The van der Waals surface area contributed by atoms with E-state index >= 15 is 0 Å². The van der Waals surface area contributed by atoms with Gasteiger partial charge < -0.3 is 5.32 Å². The fraction of sp³-hybridized carbons (Fsp3) is 0.312. The first kappa shape index (κ1) is 16.6. The van der Waals surface area contributed by atoms with Crippen molar-refractivity contribution < 1.29 is 14.4 Å². The number of aryl methyl sites for hydroxylation is 1. The smallest absolute Gasteiger partial charge is 0.328 e. The highest BCUT2D eigenvalue weighted by atomic mass is 16.2. The van der Waals surface area contributed by atoms with E-state index in [-0.39, 0.29) is 24.8 Å². The fourth-order valence-electron chi connectivity index (χ4n) is 2.62. The SMILES string of the molecule is Cn1ncnc1CCNC(=O)c1ccccc1N1CCC(=O)NC1=O. The maximum Gasteiger partial charge on any atom is 0.328 e. The van der Waals surface area contributed by atoms with Crippen LogP contribution >= 0.6 is 0 Å². The molecule has 2 N–H and O–H groups in total. The van der Waals surface area contributed by atoms with Crippen LogP contribution in [-0.4, -0.2) is 45.7 Å². The molecule has 0 spiro atoms. The van der Waals surface area contributed by atoms with Gasteiger partial charge in [0.2, 0.25) is 5.91 Å². The second-order valence-electron chi connectivity index (χ2n) is 5.58. The van der Waals surface area contributed by atoms with Crippen LogP contribution in [0.4, 0.5) is 10.5 Å². The van der Waals surface area contributed by atoms with E-state index < -0.39 is 6.03 Å². The Morgan fingerprint density at radius 2 is 2.12 bits per heavy atom. The third-order valence-corrected chi connectivity index (χ3v) is 3.93. The summed E-state index contributed by atoms with van der Waals surface area (Å²) < 4.78 is 1.65. The van der Waals surface area contributed by atoms with Crippen LogP contribution < -0.4 is 15.5 Å². The van der Waals surface area contributed by atoms with Gasteiger partial charge in [-0.2, -0.15) is 5.10 Å². The Morgan fingerprint density at radius 3 is 2.84 bits per heavy atom. The van der Waals surface area contributed by atoms with Gasteiger partial charge in [-0.1, -0.05) is 12.1 Å². The standard InChI is InChI=1S/C16H18N6O3/c1-21-13(18-10-19-21)6-8-17-15(24)11-4-2-3-5-12(11)22-9-7-14(23)20-16(22)25/h2-5,10H,6-9H2,1H3,(H,17,24)(H,20,23,25). The van der Waals surface area contributed by atoms with E-state index in [9.17, 15) is 14.4 Å². The van der Waals surface area contributed by atoms with Gasteiger partial charge in [0.05, 0.1) is 11.3 Å². The number of anilines is 1. The number of nitrogens with one attached hydrogen (secondary N) is 2. The average molecular weight is 342 g/mol. The van der Waals surface area contributed by atoms with Crippen molar-refractivity contribution in [1.82, 2.24) is 25.4 Å². The molecule has 1 aliphatic rings. The minimum absolute atomic E-state index is 0.202. The van der Waals surface area contributed by atoms with Gasteiger partial charge in [-0.15, -0.1) is 0 Å². The van der Waals surface area contributed by atoms with Crippen molar-refractivity contribution in [3.05, 3.63) is 42.0 Å². The molecule has 2 aromatic rings. The molecule has 1 aromatic heterocycles. The Balaban J connectivity index is 1.69. The maximum atomic E-state index is 12.5. The quantitative estimate of drug-likeness (QED) is 0.809. The van der Waals surface area contributed by atoms with Crippen LogP contribution in [0.15, 0.2) is 30.6 Å². The first-order chi connectivity index (χ1) is 12.1. The minimum atomic E-state index is -0.518. The van der Waals surface area contributed by atoms with Gasteiger partial charge in [-0.25, -0.2) is 9.78 Å². The van der Waals surface area contributed by atoms with Gasteiger partial charge in [0, 0.05) is 33.0 Å². The van der Waals surface area contributed by atoms with E-state index in [1.807, 2.05) is 0 Å². The molecule has 0 aliphatic carbocycles. The molecule has 0 atom stereocenters. The number of benzene rings is 1. The highest BCUT2D eigenvalue weighted by Gasteiger charge is 2.27. The zero-order valence-electron chi connectivity index (χ0n) is 13.7. The summed E-state index contributed by atoms with van der Waals surface area (Å²) in [5, 5.41) is 9.06. The maximum absolute atomic E-state index is 12.5. The molecule has 1 saturated heterocycles. The molecule has 1 fully saturated rings. The number of nitrogens with zero attached hydrogens (tertiary/aromatic N) is 4. The van der Waals surface area contributed by atoms with Gasteiger partial charge in [0.25, 0.3) is 5.91 Å². The summed E-state index contributed by atoms with van der Waals surface area (Å²) in [7, 11) is 1.79. The number of aromatic nitrogens is 3. The predicted octanol–water partition coefficient (Wildman–Crippen LogP) is 0.234. The lowest BCUT2D eigenvalue weighted by Crippen LogP contribution is -2.50. The van der Waals surface area contributed by atoms with Gasteiger partial charge in [-0.05, 0) is 12.1 Å². The lowest BCUT2D eigenvalue weighted by atomic mass is 10.1. The van der Waals surface area contributed by atoms with Crippen molar-refractivity contribution in [2.75, 3.05) is 18.0 Å². The molecular formula is C16H18N6O3. The number of rotatable bonds is 5. The van der Waals surface area contributed by atoms with Crippen LogP contribution in [-0.2, 0) is 18.3 Å². The molecule has 9 nitrogen and oxygen atoms in total. The summed E-state index contributed by atoms with van der Waals surface area (Å²) >= 11 is 0. The van der Waals surface area contributed by atoms with E-state index in [2.05, 4.69) is 20.7 Å². The Morgan fingerprint density at radius 1 is 1.32 bits per heavy atom. The van der Waals surface area contributed by atoms with Crippen molar-refractivity contribution in [1.29, 1.82) is 0 Å². The Kier molecular flexibility index (Phi) is 4.73. The van der Waals surface area contributed by atoms with Gasteiger partial charge >= 0.3 is 6.03 Å². The molecule has 0 radical (unpaired) electrons. The van der Waals surface area contributed by atoms with Gasteiger partial charge in [-0.3, -0.25) is 24.5 Å². The molecule has 25 heavy (non-hydrogen) atoms. The number of amides is 4. The van der Waals surface area contributed by atoms with E-state index in [0.717, 1.165) is 5.82 Å². The molecular weight excluding hydrogens is 324 g/mol. The number of imide groups is 1. The van der Waals surface area contributed by atoms with Crippen LogP contribution in [0, 0.1) is 0 Å². The molecule has 1 aliphatic heterocycles. The number of carbonyl (C=O) groups is 3. The minimum Gasteiger partial charge on any atom is -0.352 e. The zero-order valence-corrected chi connectivity index (χ0v) is 13.7. The molecule has 130 valence electrons. The summed E-state index contributed by atoms with van der Waals surface area (Å²) in [4.78, 5) is 41.3. The third kappa shape index (κ3) is 3.65. The highest BCUT2D eigenvalue weighted by molar-refractivity contribution is 6.09. The summed E-state index contributed by atoms with van der Waals surface area (Å²) in [6.07, 6.45) is 2.21. The van der Waals surface area contributed by atoms with E-state index in [1.54, 1.807) is 36.0 Å². The van der Waals surface area contributed by atoms with Crippen molar-refractivity contribution in [3.63, 3.8) is 0 Å². The summed E-state index contributed by atoms with van der Waals surface area (Å²) in [5.74, 6) is 0.164. The van der Waals surface area contributed by atoms with Crippen molar-refractivity contribution in [2.45, 2.75) is 12.8 Å². The van der Waals surface area contributed by atoms with Crippen LogP contribution in [0.3, 0.4) is 0 Å². The van der Waals surface area contributed by atoms with Crippen LogP contribution in [0.25, 0.3) is 0 Å². The van der Waals surface area contributed by atoms with Crippen molar-refractivity contribution >= 4 is 23.5 Å². The number of urea groups is 1. The summed E-state index contributed by atoms with van der Waals surface area (Å²) in [5.41, 5.74) is 0.855. The molecule has 1 aromatic carbocycles. The monoisotopic (exact) mass is 342 g/mol. The second kappa shape index (κ2) is 7.12. The largest absolute Gasteiger partial charge is 0.352 e. The normalized spacial score (nSPS) is 14.4. The number of para-hydroxylation sites is 1. The first-order valence-corrected chi connectivity index (χ1v) is 7.87. The summed E-state index contributed by atoms with van der Waals surface area (Å²) in [6.45, 7) is 0.637. The highest BCUT2D eigenvalue weighted by Crippen LogP contribution is 2.22. The molecule has 4 amide bonds. The second-order valence-corrected chi connectivity index (χ2v) is 5.58.